The monoisotopic (exact) mass is 407 g/mol. The fourth-order valence-corrected chi connectivity index (χ4v) is 5.15. The number of pyridine rings is 1. The number of aliphatic hydroxyl groups is 1. The largest absolute Gasteiger partial charge is 0.391 e. The predicted octanol–water partition coefficient (Wildman–Crippen LogP) is 5.70. The molecule has 0 unspecified atom stereocenters. The third-order valence-electron chi connectivity index (χ3n) is 4.13. The maximum absolute atomic E-state index is 9.31. The fraction of sp³-hybridized carbons (Fsp3) is 0.0500. The molecule has 132 valence electrons. The summed E-state index contributed by atoms with van der Waals surface area (Å²) in [5, 5.41) is 13.4. The molecule has 5 rings (SSSR count). The minimum absolute atomic E-state index is 0.0538. The maximum Gasteiger partial charge on any atom is 0.178 e. The molecule has 0 atom stereocenters. The third kappa shape index (κ3) is 3.08. The lowest BCUT2D eigenvalue weighted by molar-refractivity contribution is 0.285. The molecule has 5 heterocycles. The zero-order chi connectivity index (χ0) is 18.2. The molecule has 4 nitrogen and oxygen atoms in total. The number of rotatable bonds is 4. The van der Waals surface area contributed by atoms with Crippen LogP contribution in [0.15, 0.2) is 59.4 Å². The predicted molar refractivity (Wildman–Crippen MR) is 113 cm³/mol. The molecule has 0 aromatic carbocycles. The Morgan fingerprint density at radius 3 is 2.22 bits per heavy atom. The van der Waals surface area contributed by atoms with Crippen molar-refractivity contribution in [1.29, 1.82) is 0 Å². The highest BCUT2D eigenvalue weighted by molar-refractivity contribution is 7.15. The van der Waals surface area contributed by atoms with Gasteiger partial charge in [0.05, 0.1) is 16.4 Å². The van der Waals surface area contributed by atoms with Gasteiger partial charge in [0.15, 0.2) is 5.65 Å². The molecule has 0 aliphatic carbocycles. The maximum atomic E-state index is 9.31. The molecule has 0 saturated heterocycles. The standard InChI is InChI=1S/C20H13N3OS3/c24-11-13-5-6-15(27-13)12-9-14-20(21-10-12)23-19(17-4-2-8-26-17)18(22-14)16-3-1-7-25-16/h1-10,24H,11H2. The van der Waals surface area contributed by atoms with Crippen molar-refractivity contribution < 1.29 is 5.11 Å². The number of nitrogens with zero attached hydrogens (tertiary/aromatic N) is 3. The summed E-state index contributed by atoms with van der Waals surface area (Å²) >= 11 is 4.88. The van der Waals surface area contributed by atoms with Crippen molar-refractivity contribution in [1.82, 2.24) is 15.0 Å². The van der Waals surface area contributed by atoms with Crippen molar-refractivity contribution in [3.05, 3.63) is 64.3 Å². The van der Waals surface area contributed by atoms with Gasteiger partial charge in [0.25, 0.3) is 0 Å². The van der Waals surface area contributed by atoms with Gasteiger partial charge < -0.3 is 5.11 Å². The van der Waals surface area contributed by atoms with E-state index in [4.69, 9.17) is 9.97 Å². The highest BCUT2D eigenvalue weighted by Crippen LogP contribution is 2.36. The molecule has 0 spiro atoms. The van der Waals surface area contributed by atoms with Crippen LogP contribution in [0, 0.1) is 0 Å². The van der Waals surface area contributed by atoms with Crippen LogP contribution in [0.3, 0.4) is 0 Å². The average Bonchev–Trinajstić information content (AvgIpc) is 3.48. The molecule has 7 heteroatoms. The Bertz CT molecular complexity index is 1210. The molecule has 0 amide bonds. The van der Waals surface area contributed by atoms with E-state index < -0.39 is 0 Å². The number of aromatic nitrogens is 3. The van der Waals surface area contributed by atoms with Gasteiger partial charge in [0, 0.05) is 21.5 Å². The smallest absolute Gasteiger partial charge is 0.178 e. The lowest BCUT2D eigenvalue weighted by Crippen LogP contribution is -1.95. The quantitative estimate of drug-likeness (QED) is 0.415. The van der Waals surface area contributed by atoms with Crippen LogP contribution in [0.5, 0.6) is 0 Å². The van der Waals surface area contributed by atoms with Gasteiger partial charge in [-0.05, 0) is 41.1 Å². The van der Waals surface area contributed by atoms with Crippen LogP contribution in [0.1, 0.15) is 4.88 Å². The zero-order valence-corrected chi connectivity index (χ0v) is 16.4. The van der Waals surface area contributed by atoms with Gasteiger partial charge in [0.1, 0.15) is 16.9 Å². The molecule has 0 aliphatic rings. The Kier molecular flexibility index (Phi) is 4.29. The summed E-state index contributed by atoms with van der Waals surface area (Å²) in [6.07, 6.45) is 1.83. The second-order valence-corrected chi connectivity index (χ2v) is 8.93. The van der Waals surface area contributed by atoms with Gasteiger partial charge >= 0.3 is 0 Å². The Labute approximate surface area is 167 Å². The Morgan fingerprint density at radius 1 is 0.852 bits per heavy atom. The van der Waals surface area contributed by atoms with Crippen LogP contribution < -0.4 is 0 Å². The lowest BCUT2D eigenvalue weighted by atomic mass is 10.2. The Balaban J connectivity index is 1.70. The SMILES string of the molecule is OCc1ccc(-c2cnc3nc(-c4cccs4)c(-c4cccs4)nc3c2)s1. The van der Waals surface area contributed by atoms with Crippen LogP contribution in [-0.2, 0) is 6.61 Å². The molecule has 0 saturated carbocycles. The molecule has 5 aromatic heterocycles. The van der Waals surface area contributed by atoms with Crippen molar-refractivity contribution in [3.63, 3.8) is 0 Å². The van der Waals surface area contributed by atoms with Crippen molar-refractivity contribution >= 4 is 45.2 Å². The molecule has 0 aliphatic heterocycles. The molecule has 0 radical (unpaired) electrons. The van der Waals surface area contributed by atoms with E-state index in [0.717, 1.165) is 42.0 Å². The van der Waals surface area contributed by atoms with Gasteiger partial charge in [-0.15, -0.1) is 34.0 Å². The van der Waals surface area contributed by atoms with Gasteiger partial charge in [-0.3, -0.25) is 0 Å². The number of thiophene rings is 3. The number of fused-ring (bicyclic) bond motifs is 1. The molecule has 0 bridgehead atoms. The first-order valence-corrected chi connectivity index (χ1v) is 10.8. The lowest BCUT2D eigenvalue weighted by Gasteiger charge is -2.08. The zero-order valence-electron chi connectivity index (χ0n) is 14.0. The molecular formula is C20H13N3OS3. The highest BCUT2D eigenvalue weighted by Gasteiger charge is 2.16. The summed E-state index contributed by atoms with van der Waals surface area (Å²) < 4.78 is 0. The number of hydrogen-bond acceptors (Lipinski definition) is 7. The van der Waals surface area contributed by atoms with Crippen molar-refractivity contribution in [2.45, 2.75) is 6.61 Å². The molecular weight excluding hydrogens is 394 g/mol. The average molecular weight is 408 g/mol. The van der Waals surface area contributed by atoms with Crippen LogP contribution in [0.4, 0.5) is 0 Å². The Morgan fingerprint density at radius 2 is 1.59 bits per heavy atom. The molecule has 0 fully saturated rings. The summed E-state index contributed by atoms with van der Waals surface area (Å²) in [7, 11) is 0. The van der Waals surface area contributed by atoms with Gasteiger partial charge in [-0.25, -0.2) is 15.0 Å². The summed E-state index contributed by atoms with van der Waals surface area (Å²) in [5.74, 6) is 0. The van der Waals surface area contributed by atoms with Crippen LogP contribution in [-0.4, -0.2) is 20.1 Å². The molecule has 1 N–H and O–H groups in total. The molecule has 27 heavy (non-hydrogen) atoms. The topological polar surface area (TPSA) is 58.9 Å². The summed E-state index contributed by atoms with van der Waals surface area (Å²) in [6.45, 7) is 0.0538. The first kappa shape index (κ1) is 16.7. The van der Waals surface area contributed by atoms with Gasteiger partial charge in [-0.1, -0.05) is 12.1 Å². The van der Waals surface area contributed by atoms with Crippen molar-refractivity contribution in [2.75, 3.05) is 0 Å². The highest BCUT2D eigenvalue weighted by atomic mass is 32.1. The Hall–Kier alpha value is -2.45. The van der Waals surface area contributed by atoms with Crippen LogP contribution >= 0.6 is 34.0 Å². The van der Waals surface area contributed by atoms with E-state index in [-0.39, 0.29) is 6.61 Å². The van der Waals surface area contributed by atoms with Gasteiger partial charge in [0.2, 0.25) is 0 Å². The van der Waals surface area contributed by atoms with Crippen molar-refractivity contribution in [2.24, 2.45) is 0 Å². The van der Waals surface area contributed by atoms with E-state index in [1.807, 2.05) is 41.9 Å². The van der Waals surface area contributed by atoms with Crippen LogP contribution in [0.25, 0.3) is 42.7 Å². The van der Waals surface area contributed by atoms with E-state index >= 15 is 0 Å². The summed E-state index contributed by atoms with van der Waals surface area (Å²) in [4.78, 5) is 18.5. The summed E-state index contributed by atoms with van der Waals surface area (Å²) in [5.41, 5.74) is 4.17. The number of hydrogen-bond donors (Lipinski definition) is 1. The minimum atomic E-state index is 0.0538. The van der Waals surface area contributed by atoms with Crippen LogP contribution in [0.2, 0.25) is 0 Å². The minimum Gasteiger partial charge on any atom is -0.391 e. The van der Waals surface area contributed by atoms with E-state index in [1.165, 1.54) is 0 Å². The van der Waals surface area contributed by atoms with E-state index in [1.54, 1.807) is 34.0 Å². The number of aliphatic hydroxyl groups excluding tert-OH is 1. The normalized spacial score (nSPS) is 11.3. The first-order chi connectivity index (χ1) is 13.3. The van der Waals surface area contributed by atoms with E-state index in [9.17, 15) is 5.11 Å². The van der Waals surface area contributed by atoms with Gasteiger partial charge in [-0.2, -0.15) is 0 Å². The fourth-order valence-electron chi connectivity index (χ4n) is 2.87. The summed E-state index contributed by atoms with van der Waals surface area (Å²) in [6, 6.07) is 14.2. The van der Waals surface area contributed by atoms with E-state index in [2.05, 4.69) is 22.5 Å². The third-order valence-corrected chi connectivity index (χ3v) is 7.00. The van der Waals surface area contributed by atoms with Crippen molar-refractivity contribution in [3.8, 4) is 31.6 Å². The second kappa shape index (κ2) is 6.94. The first-order valence-electron chi connectivity index (χ1n) is 8.27. The second-order valence-electron chi connectivity index (χ2n) is 5.87. The van der Waals surface area contributed by atoms with E-state index in [0.29, 0.717) is 5.65 Å². The molecule has 5 aromatic rings.